The molecule has 0 bridgehead atoms. The third kappa shape index (κ3) is 30.2. The van der Waals surface area contributed by atoms with Gasteiger partial charge in [0.1, 0.15) is 5.69 Å². The fraction of sp³-hybridized carbons (Fsp3) is 0.0676. The monoisotopic (exact) mass is 2210 g/mol. The SMILES string of the molecule is CC(=O)C=C(C)O.CC(=O)C=C(C)O.Cn1ccnc1-c1[c-]cccc1.Fc1c[c-]c(-c2ccccn2)c(F)c1.Fc1c[c-]c(-n2ncc3ccccc32)cc1.Fc1c[c-]c(-n2ncc3ccccc32)cc1.O=C(O)c1ccccn1.[Ir].[Ir].[Ir].[Ir].[Ir].[c-]1ccccc1-c1ccccn1. The number of nitrogens with zero attached hydrogens (tertiary/aromatic N) is 9. The van der Waals surface area contributed by atoms with Gasteiger partial charge in [0.15, 0.2) is 11.6 Å². The average molecular weight is 2210 g/mol. The molecule has 515 valence electrons. The number of carboxylic acids is 1. The first-order valence-electron chi connectivity index (χ1n) is 28.1. The minimum atomic E-state index is -0.990. The number of carbonyl (C=O) groups is 3. The van der Waals surface area contributed by atoms with E-state index in [1.54, 1.807) is 82.8 Å². The van der Waals surface area contributed by atoms with Gasteiger partial charge in [-0.05, 0) is 86.9 Å². The number of allylic oxidation sites excluding steroid dienone is 4. The van der Waals surface area contributed by atoms with Crippen molar-refractivity contribution in [3.8, 4) is 45.3 Å². The molecule has 13 rings (SSSR count). The Kier molecular flexibility index (Phi) is 41.8. The van der Waals surface area contributed by atoms with Crippen LogP contribution in [0.4, 0.5) is 17.6 Å². The van der Waals surface area contributed by atoms with E-state index in [1.165, 1.54) is 76.4 Å². The fourth-order valence-electron chi connectivity index (χ4n) is 7.85. The van der Waals surface area contributed by atoms with Crippen LogP contribution in [0.5, 0.6) is 0 Å². The number of rotatable bonds is 8. The summed E-state index contributed by atoms with van der Waals surface area (Å²) in [4.78, 5) is 46.1. The summed E-state index contributed by atoms with van der Waals surface area (Å²) >= 11 is 0. The van der Waals surface area contributed by atoms with Crippen LogP contribution in [0.3, 0.4) is 0 Å². The van der Waals surface area contributed by atoms with E-state index in [1.807, 2.05) is 133 Å². The Bertz CT molecular complexity index is 4300. The van der Waals surface area contributed by atoms with E-state index in [9.17, 15) is 31.9 Å². The molecule has 13 aromatic rings. The van der Waals surface area contributed by atoms with E-state index in [2.05, 4.69) is 60.5 Å². The summed E-state index contributed by atoms with van der Waals surface area (Å²) in [6.45, 7) is 5.70. The molecule has 0 atom stereocenters. The molecule has 0 fully saturated rings. The Morgan fingerprint density at radius 1 is 0.449 bits per heavy atom. The normalized spacial score (nSPS) is 9.85. The molecular formula is C74H60F4Ir5N9O6-5. The molecule has 3 N–H and O–H groups in total. The van der Waals surface area contributed by atoms with Crippen molar-refractivity contribution in [1.29, 1.82) is 0 Å². The molecule has 0 amide bonds. The van der Waals surface area contributed by atoms with Gasteiger partial charge in [0.2, 0.25) is 0 Å². The van der Waals surface area contributed by atoms with E-state index in [0.717, 1.165) is 68.0 Å². The molecule has 98 heavy (non-hydrogen) atoms. The van der Waals surface area contributed by atoms with Gasteiger partial charge in [-0.15, -0.1) is 120 Å². The maximum Gasteiger partial charge on any atom is 0.354 e. The molecule has 0 saturated heterocycles. The number of aromatic carboxylic acids is 1. The predicted octanol–water partition coefficient (Wildman–Crippen LogP) is 16.0. The number of aliphatic hydroxyl groups excluding tert-OH is 2. The van der Waals surface area contributed by atoms with Gasteiger partial charge in [-0.2, -0.15) is 22.3 Å². The minimum Gasteiger partial charge on any atom is -0.512 e. The molecule has 0 aliphatic heterocycles. The van der Waals surface area contributed by atoms with Crippen LogP contribution in [0.1, 0.15) is 38.2 Å². The van der Waals surface area contributed by atoms with Crippen LogP contribution in [0.2, 0.25) is 0 Å². The summed E-state index contributed by atoms with van der Waals surface area (Å²) in [5.41, 5.74) is 7.22. The number of carboxylic acid groups (broad SMARTS) is 1. The standard InChI is InChI=1S/2C13H8FN2.C11H6F2N.C11H8N.C10H9N2.C6H5NO2.2C5H8O2.5Ir/c2*14-11-5-7-12(8-6-11)16-13-4-2-1-3-10(13)9-15-16;12-8-4-5-9(10(13)7-8)11-3-1-2-6-14-11;1-2-6-10(7-3-1)11-8-4-5-9-12-11;1-12-8-7-11-10(12)9-5-3-2-4-6-9;8-6(9)5-3-1-2-4-7-5;2*1-4(6)3-5(2)7;;;;;/h2*1-7,9H;1-4,6-7H;1-6,8-9H;2-5,7-8H,1H3;1-4H,(H,8,9);2*3,6H,1-2H3;;;;;/q5*-1;;;;;;;;. The summed E-state index contributed by atoms with van der Waals surface area (Å²) in [7, 11) is 1.98. The third-order valence-corrected chi connectivity index (χ3v) is 11.8. The van der Waals surface area contributed by atoms with Crippen molar-refractivity contribution in [2.45, 2.75) is 27.7 Å². The second-order valence-corrected chi connectivity index (χ2v) is 19.2. The van der Waals surface area contributed by atoms with Crippen LogP contribution in [0.25, 0.3) is 67.1 Å². The van der Waals surface area contributed by atoms with Crippen molar-refractivity contribution in [2.24, 2.45) is 7.05 Å². The van der Waals surface area contributed by atoms with Crippen LogP contribution in [0, 0.1) is 53.6 Å². The van der Waals surface area contributed by atoms with Gasteiger partial charge in [0.25, 0.3) is 0 Å². The van der Waals surface area contributed by atoms with E-state index in [-0.39, 0.29) is 147 Å². The zero-order valence-corrected chi connectivity index (χ0v) is 64.5. The number of para-hydroxylation sites is 2. The smallest absolute Gasteiger partial charge is 0.354 e. The number of hydrogen-bond acceptors (Lipinski definition) is 11. The Hall–Kier alpha value is -9.00. The Balaban J connectivity index is 0.000000565. The van der Waals surface area contributed by atoms with Crippen LogP contribution in [0.15, 0.2) is 267 Å². The van der Waals surface area contributed by atoms with Crippen molar-refractivity contribution >= 4 is 39.3 Å². The quantitative estimate of drug-likeness (QED) is 0.0563. The van der Waals surface area contributed by atoms with Gasteiger partial charge in [-0.1, -0.05) is 78.4 Å². The number of carbonyl (C=O) groups excluding carboxylic acids is 2. The molecule has 5 radical (unpaired) electrons. The van der Waals surface area contributed by atoms with Gasteiger partial charge in [0, 0.05) is 185 Å². The Labute approximate surface area is 632 Å². The summed E-state index contributed by atoms with van der Waals surface area (Å²) in [6, 6.07) is 72.3. The summed E-state index contributed by atoms with van der Waals surface area (Å²) in [5.74, 6) is -2.03. The van der Waals surface area contributed by atoms with Crippen LogP contribution >= 0.6 is 0 Å². The van der Waals surface area contributed by atoms with E-state index < -0.39 is 17.6 Å². The number of halogens is 4. The molecule has 0 spiro atoms. The van der Waals surface area contributed by atoms with E-state index >= 15 is 0 Å². The number of aliphatic hydroxyl groups is 2. The molecule has 0 saturated carbocycles. The van der Waals surface area contributed by atoms with Gasteiger partial charge in [-0.25, -0.2) is 9.78 Å². The molecule has 6 aromatic heterocycles. The summed E-state index contributed by atoms with van der Waals surface area (Å²) < 4.78 is 56.8. The van der Waals surface area contributed by atoms with Gasteiger partial charge >= 0.3 is 5.97 Å². The molecule has 24 heteroatoms. The van der Waals surface area contributed by atoms with Crippen LogP contribution in [-0.2, 0) is 117 Å². The van der Waals surface area contributed by atoms with Gasteiger partial charge in [0.05, 0.1) is 40.8 Å². The summed E-state index contributed by atoms with van der Waals surface area (Å²) in [5, 5.41) is 35.7. The van der Waals surface area contributed by atoms with E-state index in [0.29, 0.717) is 5.69 Å². The number of fused-ring (bicyclic) bond motifs is 2. The number of imidazole rings is 1. The Morgan fingerprint density at radius 3 is 1.24 bits per heavy atom. The first-order valence-corrected chi connectivity index (χ1v) is 28.1. The predicted molar refractivity (Wildman–Crippen MR) is 349 cm³/mol. The maximum absolute atomic E-state index is 13.2. The van der Waals surface area contributed by atoms with Gasteiger partial charge < -0.3 is 29.9 Å². The first kappa shape index (κ1) is 87.0. The molecule has 6 heterocycles. The molecular weight excluding hydrogens is 2150 g/mol. The average Bonchev–Trinajstić information content (AvgIpc) is 1.67. The van der Waals surface area contributed by atoms with Crippen molar-refractivity contribution in [1.82, 2.24) is 44.1 Å². The Morgan fingerprint density at radius 2 is 0.888 bits per heavy atom. The van der Waals surface area contributed by atoms with Crippen LogP contribution < -0.4 is 0 Å². The second-order valence-electron chi connectivity index (χ2n) is 19.2. The van der Waals surface area contributed by atoms with Crippen molar-refractivity contribution in [2.75, 3.05) is 0 Å². The van der Waals surface area contributed by atoms with Crippen molar-refractivity contribution < 1.29 is 148 Å². The van der Waals surface area contributed by atoms with Crippen LogP contribution in [-0.4, -0.2) is 76.9 Å². The number of pyridine rings is 3. The maximum atomic E-state index is 13.2. The number of aryl methyl sites for hydroxylation is 1. The molecule has 15 nitrogen and oxygen atoms in total. The topological polar surface area (TPSA) is 204 Å². The fourth-order valence-corrected chi connectivity index (χ4v) is 7.85. The number of ketones is 2. The summed E-state index contributed by atoms with van der Waals surface area (Å²) in [6.07, 6.45) is 14.4. The molecule has 0 aliphatic rings. The number of benzene rings is 7. The molecule has 0 unspecified atom stereocenters. The minimum absolute atomic E-state index is 0. The van der Waals surface area contributed by atoms with Gasteiger partial charge in [-0.3, -0.25) is 41.5 Å². The zero-order chi connectivity index (χ0) is 66.9. The number of aromatic nitrogens is 9. The zero-order valence-electron chi connectivity index (χ0n) is 52.5. The third-order valence-electron chi connectivity index (χ3n) is 11.8. The number of hydrogen-bond donors (Lipinski definition) is 3. The second kappa shape index (κ2) is 47.0. The van der Waals surface area contributed by atoms with E-state index in [4.69, 9.17) is 15.3 Å². The first-order chi connectivity index (χ1) is 44.9. The molecule has 0 aliphatic carbocycles. The molecule has 7 aromatic carbocycles. The van der Waals surface area contributed by atoms with Crippen molar-refractivity contribution in [3.63, 3.8) is 0 Å². The largest absolute Gasteiger partial charge is 0.512 e. The van der Waals surface area contributed by atoms with Crippen molar-refractivity contribution in [3.05, 3.63) is 327 Å².